The fraction of sp³-hybridized carbons (Fsp3) is 1.00. The molecule has 0 radical (unpaired) electrons. The van der Waals surface area contributed by atoms with E-state index in [1.165, 1.54) is 0 Å². The van der Waals surface area contributed by atoms with Crippen LogP contribution in [-0.2, 0) is 0 Å². The fourth-order valence-corrected chi connectivity index (χ4v) is 1.96. The fourth-order valence-electron chi connectivity index (χ4n) is 1.96. The molecule has 1 unspecified atom stereocenters. The first-order chi connectivity index (χ1) is 5.71. The third-order valence-electron chi connectivity index (χ3n) is 3.10. The van der Waals surface area contributed by atoms with Crippen molar-refractivity contribution in [3.63, 3.8) is 0 Å². The van der Waals surface area contributed by atoms with E-state index in [0.29, 0.717) is 0 Å². The molecule has 1 atom stereocenters. The zero-order valence-electron chi connectivity index (χ0n) is 7.40. The van der Waals surface area contributed by atoms with Gasteiger partial charge in [0.15, 0.2) is 0 Å². The molecule has 1 aliphatic rings. The van der Waals surface area contributed by atoms with Gasteiger partial charge in [-0.05, 0) is 20.0 Å². The summed E-state index contributed by atoms with van der Waals surface area (Å²) >= 11 is 0. The molecule has 1 heterocycles. The van der Waals surface area contributed by atoms with Gasteiger partial charge in [-0.3, -0.25) is 4.90 Å². The zero-order chi connectivity index (χ0) is 9.19. The van der Waals surface area contributed by atoms with Gasteiger partial charge in [-0.25, -0.2) is 0 Å². The van der Waals surface area contributed by atoms with Gasteiger partial charge in [0, 0.05) is 12.5 Å². The van der Waals surface area contributed by atoms with Gasteiger partial charge in [0.05, 0.1) is 18.8 Å². The number of nitrogens with zero attached hydrogens (tertiary/aromatic N) is 1. The Morgan fingerprint density at radius 1 is 1.33 bits per heavy atom. The van der Waals surface area contributed by atoms with Crippen molar-refractivity contribution < 1.29 is 15.3 Å². The topological polar surface area (TPSA) is 63.9 Å². The Labute approximate surface area is 72.4 Å². The highest BCUT2D eigenvalue weighted by atomic mass is 16.3. The van der Waals surface area contributed by atoms with Crippen LogP contribution in [0.2, 0.25) is 0 Å². The number of likely N-dealkylation sites (N-methyl/N-ethyl adjacent to an activating group) is 1. The van der Waals surface area contributed by atoms with E-state index in [1.807, 2.05) is 11.9 Å². The van der Waals surface area contributed by atoms with Crippen LogP contribution in [-0.4, -0.2) is 59.2 Å². The van der Waals surface area contributed by atoms with Crippen molar-refractivity contribution >= 4 is 0 Å². The van der Waals surface area contributed by atoms with E-state index in [0.717, 1.165) is 13.0 Å². The van der Waals surface area contributed by atoms with Crippen molar-refractivity contribution in [3.8, 4) is 0 Å². The smallest absolute Gasteiger partial charge is 0.0721 e. The molecule has 1 rings (SSSR count). The summed E-state index contributed by atoms with van der Waals surface area (Å²) in [5.74, 6) is -0.00231. The van der Waals surface area contributed by atoms with Gasteiger partial charge in [-0.1, -0.05) is 0 Å². The first-order valence-electron chi connectivity index (χ1n) is 4.25. The van der Waals surface area contributed by atoms with Gasteiger partial charge >= 0.3 is 0 Å². The molecule has 0 amide bonds. The third kappa shape index (κ3) is 1.25. The maximum absolute atomic E-state index is 9.18. The molecule has 72 valence electrons. The molecule has 3 N–H and O–H groups in total. The Hall–Kier alpha value is -0.160. The molecule has 1 aliphatic heterocycles. The molecule has 4 heteroatoms. The van der Waals surface area contributed by atoms with Gasteiger partial charge in [0.1, 0.15) is 0 Å². The van der Waals surface area contributed by atoms with Gasteiger partial charge < -0.3 is 15.3 Å². The van der Waals surface area contributed by atoms with Crippen LogP contribution in [0.25, 0.3) is 0 Å². The number of hydrogen-bond acceptors (Lipinski definition) is 4. The third-order valence-corrected chi connectivity index (χ3v) is 3.10. The van der Waals surface area contributed by atoms with Gasteiger partial charge in [0.25, 0.3) is 0 Å². The molecule has 4 nitrogen and oxygen atoms in total. The first kappa shape index (κ1) is 9.92. The lowest BCUT2D eigenvalue weighted by molar-refractivity contribution is -0.0128. The van der Waals surface area contributed by atoms with Gasteiger partial charge in [0.2, 0.25) is 0 Å². The second kappa shape index (κ2) is 3.70. The SMILES string of the molecule is CN1CCC(CO)C1(CO)CO. The van der Waals surface area contributed by atoms with Crippen molar-refractivity contribution in [2.75, 3.05) is 33.4 Å². The number of rotatable bonds is 3. The monoisotopic (exact) mass is 175 g/mol. The molecule has 0 saturated carbocycles. The average molecular weight is 175 g/mol. The molecule has 0 aromatic heterocycles. The lowest BCUT2D eigenvalue weighted by atomic mass is 9.87. The van der Waals surface area contributed by atoms with E-state index in [9.17, 15) is 10.2 Å². The second-order valence-electron chi connectivity index (χ2n) is 3.51. The Bertz CT molecular complexity index is 147. The molecule has 0 aliphatic carbocycles. The van der Waals surface area contributed by atoms with Crippen LogP contribution >= 0.6 is 0 Å². The van der Waals surface area contributed by atoms with E-state index in [2.05, 4.69) is 0 Å². The second-order valence-corrected chi connectivity index (χ2v) is 3.51. The van der Waals surface area contributed by atoms with Crippen molar-refractivity contribution in [2.45, 2.75) is 12.0 Å². The molecular formula is C8H17NO3. The zero-order valence-corrected chi connectivity index (χ0v) is 7.40. The summed E-state index contributed by atoms with van der Waals surface area (Å²) < 4.78 is 0. The Balaban J connectivity index is 2.78. The van der Waals surface area contributed by atoms with Crippen LogP contribution in [0.15, 0.2) is 0 Å². The van der Waals surface area contributed by atoms with E-state index < -0.39 is 5.54 Å². The summed E-state index contributed by atoms with van der Waals surface area (Å²) in [5, 5.41) is 27.4. The molecule has 0 aromatic carbocycles. The van der Waals surface area contributed by atoms with Crippen LogP contribution in [0.5, 0.6) is 0 Å². The molecule has 1 saturated heterocycles. The number of aliphatic hydroxyl groups excluding tert-OH is 3. The molecule has 1 fully saturated rings. The van der Waals surface area contributed by atoms with E-state index in [-0.39, 0.29) is 25.7 Å². The van der Waals surface area contributed by atoms with Crippen molar-refractivity contribution in [3.05, 3.63) is 0 Å². The summed E-state index contributed by atoms with van der Waals surface area (Å²) in [5.41, 5.74) is -0.602. The maximum Gasteiger partial charge on any atom is 0.0721 e. The normalized spacial score (nSPS) is 29.5. The summed E-state index contributed by atoms with van der Waals surface area (Å²) in [4.78, 5) is 1.92. The quantitative estimate of drug-likeness (QED) is 0.496. The van der Waals surface area contributed by atoms with Gasteiger partial charge in [-0.15, -0.1) is 0 Å². The Morgan fingerprint density at radius 3 is 2.25 bits per heavy atom. The lowest BCUT2D eigenvalue weighted by Gasteiger charge is -2.36. The summed E-state index contributed by atoms with van der Waals surface area (Å²) in [6.07, 6.45) is 0.841. The molecule has 0 bridgehead atoms. The van der Waals surface area contributed by atoms with Crippen LogP contribution in [0.1, 0.15) is 6.42 Å². The average Bonchev–Trinajstić information content (AvgIpc) is 2.42. The first-order valence-corrected chi connectivity index (χ1v) is 4.25. The summed E-state index contributed by atoms with van der Waals surface area (Å²) in [6.45, 7) is 0.675. The van der Waals surface area contributed by atoms with E-state index in [1.54, 1.807) is 0 Å². The van der Waals surface area contributed by atoms with Crippen LogP contribution in [0, 0.1) is 5.92 Å². The largest absolute Gasteiger partial charge is 0.396 e. The standard InChI is InChI=1S/C8H17NO3/c1-9-3-2-7(4-10)8(9,5-11)6-12/h7,10-12H,2-6H2,1H3. The van der Waals surface area contributed by atoms with Crippen molar-refractivity contribution in [1.29, 1.82) is 0 Å². The van der Waals surface area contributed by atoms with Crippen molar-refractivity contribution in [1.82, 2.24) is 4.90 Å². The lowest BCUT2D eigenvalue weighted by Crippen LogP contribution is -2.53. The number of aliphatic hydroxyl groups is 3. The van der Waals surface area contributed by atoms with Crippen molar-refractivity contribution in [2.24, 2.45) is 5.92 Å². The predicted octanol–water partition coefficient (Wildman–Crippen LogP) is -1.35. The highest BCUT2D eigenvalue weighted by molar-refractivity contribution is 4.99. The highest BCUT2D eigenvalue weighted by Gasteiger charge is 2.45. The molecule has 0 spiro atoms. The van der Waals surface area contributed by atoms with E-state index >= 15 is 0 Å². The van der Waals surface area contributed by atoms with Crippen LogP contribution < -0.4 is 0 Å². The van der Waals surface area contributed by atoms with Gasteiger partial charge in [-0.2, -0.15) is 0 Å². The minimum absolute atomic E-state index is 0.00231. The summed E-state index contributed by atoms with van der Waals surface area (Å²) in [6, 6.07) is 0. The molecular weight excluding hydrogens is 158 g/mol. The molecule has 0 aromatic rings. The predicted molar refractivity (Wildman–Crippen MR) is 44.7 cm³/mol. The van der Waals surface area contributed by atoms with Crippen LogP contribution in [0.4, 0.5) is 0 Å². The Morgan fingerprint density at radius 2 is 1.92 bits per heavy atom. The summed E-state index contributed by atoms with van der Waals surface area (Å²) in [7, 11) is 1.86. The Kier molecular flexibility index (Phi) is 3.06. The minimum Gasteiger partial charge on any atom is -0.396 e. The minimum atomic E-state index is -0.602. The molecule has 12 heavy (non-hydrogen) atoms. The maximum atomic E-state index is 9.18. The number of hydrogen-bond donors (Lipinski definition) is 3. The highest BCUT2D eigenvalue weighted by Crippen LogP contribution is 2.32. The van der Waals surface area contributed by atoms with Crippen LogP contribution in [0.3, 0.4) is 0 Å². The van der Waals surface area contributed by atoms with E-state index in [4.69, 9.17) is 5.11 Å². The number of likely N-dealkylation sites (tertiary alicyclic amines) is 1.